The molecule has 3 heterocycles. The zero-order chi connectivity index (χ0) is 20.7. The fourth-order valence-corrected chi connectivity index (χ4v) is 5.43. The van der Waals surface area contributed by atoms with E-state index in [0.717, 1.165) is 30.6 Å². The molecular weight excluding hydrogens is 376 g/mol. The molecule has 6 nitrogen and oxygen atoms in total. The maximum atomic E-state index is 13.9. The normalized spacial score (nSPS) is 26.6. The van der Waals surface area contributed by atoms with Gasteiger partial charge in [-0.1, -0.05) is 30.3 Å². The lowest BCUT2D eigenvalue weighted by Crippen LogP contribution is -2.52. The minimum atomic E-state index is -0.542. The summed E-state index contributed by atoms with van der Waals surface area (Å²) in [5.74, 6) is 0.972. The van der Waals surface area contributed by atoms with Crippen molar-refractivity contribution in [2.24, 2.45) is 18.4 Å². The maximum absolute atomic E-state index is 13.9. The maximum Gasteiger partial charge on any atom is 0.231 e. The number of likely N-dealkylation sites (tertiary alicyclic amines) is 2. The van der Waals surface area contributed by atoms with E-state index in [-0.39, 0.29) is 17.7 Å². The SMILES string of the molecule is Cn1nccc1[C@@H]1CN(C(=O)CC2CC2)C[C@]12CCCN(Cc1ccccc1)C2=O. The first-order valence-corrected chi connectivity index (χ1v) is 11.2. The van der Waals surface area contributed by atoms with Crippen LogP contribution < -0.4 is 0 Å². The number of hydrogen-bond acceptors (Lipinski definition) is 3. The van der Waals surface area contributed by atoms with E-state index in [4.69, 9.17) is 0 Å². The molecule has 0 radical (unpaired) electrons. The van der Waals surface area contributed by atoms with E-state index >= 15 is 0 Å². The van der Waals surface area contributed by atoms with Crippen molar-refractivity contribution < 1.29 is 9.59 Å². The number of amides is 2. The Morgan fingerprint density at radius 3 is 2.70 bits per heavy atom. The minimum Gasteiger partial charge on any atom is -0.341 e. The molecule has 1 aromatic heterocycles. The molecule has 2 amide bonds. The predicted molar refractivity (Wildman–Crippen MR) is 113 cm³/mol. The molecule has 3 aliphatic rings. The Labute approximate surface area is 177 Å². The molecule has 2 saturated heterocycles. The lowest BCUT2D eigenvalue weighted by molar-refractivity contribution is -0.147. The number of aromatic nitrogens is 2. The minimum absolute atomic E-state index is 0.000716. The van der Waals surface area contributed by atoms with E-state index in [2.05, 4.69) is 17.2 Å². The third kappa shape index (κ3) is 3.42. The molecule has 0 bridgehead atoms. The molecule has 158 valence electrons. The van der Waals surface area contributed by atoms with Gasteiger partial charge in [0, 0.05) is 57.5 Å². The number of carbonyl (C=O) groups excluding carboxylic acids is 2. The van der Waals surface area contributed by atoms with E-state index < -0.39 is 5.41 Å². The van der Waals surface area contributed by atoms with Gasteiger partial charge < -0.3 is 9.80 Å². The highest BCUT2D eigenvalue weighted by atomic mass is 16.2. The second-order valence-corrected chi connectivity index (χ2v) is 9.33. The second kappa shape index (κ2) is 7.56. The summed E-state index contributed by atoms with van der Waals surface area (Å²) in [7, 11) is 1.94. The smallest absolute Gasteiger partial charge is 0.231 e. The molecule has 2 aliphatic heterocycles. The Morgan fingerprint density at radius 2 is 2.00 bits per heavy atom. The summed E-state index contributed by atoms with van der Waals surface area (Å²) in [6.07, 6.45) is 6.57. The van der Waals surface area contributed by atoms with Crippen LogP contribution in [0.2, 0.25) is 0 Å². The van der Waals surface area contributed by atoms with Crippen LogP contribution in [0.5, 0.6) is 0 Å². The Kier molecular flexibility index (Phi) is 4.88. The fraction of sp³-hybridized carbons (Fsp3) is 0.542. The summed E-state index contributed by atoms with van der Waals surface area (Å²) < 4.78 is 1.88. The zero-order valence-corrected chi connectivity index (χ0v) is 17.7. The first-order chi connectivity index (χ1) is 14.6. The molecule has 0 N–H and O–H groups in total. The average Bonchev–Trinajstić information content (AvgIpc) is 3.33. The summed E-state index contributed by atoms with van der Waals surface area (Å²) in [6, 6.07) is 12.2. The van der Waals surface area contributed by atoms with Gasteiger partial charge in [0.05, 0.1) is 5.41 Å². The Hall–Kier alpha value is -2.63. The predicted octanol–water partition coefficient (Wildman–Crippen LogP) is 2.96. The monoisotopic (exact) mass is 406 g/mol. The third-order valence-electron chi connectivity index (χ3n) is 7.25. The highest BCUT2D eigenvalue weighted by Crippen LogP contribution is 2.50. The molecule has 30 heavy (non-hydrogen) atoms. The van der Waals surface area contributed by atoms with Crippen LogP contribution in [-0.2, 0) is 23.2 Å². The molecule has 1 aliphatic carbocycles. The van der Waals surface area contributed by atoms with Crippen LogP contribution in [0.4, 0.5) is 0 Å². The van der Waals surface area contributed by atoms with Crippen molar-refractivity contribution in [3.63, 3.8) is 0 Å². The molecule has 6 heteroatoms. The number of aryl methyl sites for hydroxylation is 1. The number of carbonyl (C=O) groups is 2. The quantitative estimate of drug-likeness (QED) is 0.767. The number of piperidine rings is 1. The van der Waals surface area contributed by atoms with Gasteiger partial charge in [-0.05, 0) is 43.2 Å². The van der Waals surface area contributed by atoms with Gasteiger partial charge in [-0.3, -0.25) is 14.3 Å². The van der Waals surface area contributed by atoms with Crippen molar-refractivity contribution in [3.05, 3.63) is 53.9 Å². The first-order valence-electron chi connectivity index (χ1n) is 11.2. The summed E-state index contributed by atoms with van der Waals surface area (Å²) in [4.78, 5) is 30.9. The highest BCUT2D eigenvalue weighted by molar-refractivity contribution is 5.87. The number of hydrogen-bond donors (Lipinski definition) is 0. The largest absolute Gasteiger partial charge is 0.341 e. The molecule has 2 aromatic rings. The molecule has 5 rings (SSSR count). The Morgan fingerprint density at radius 1 is 1.20 bits per heavy atom. The average molecular weight is 407 g/mol. The number of benzene rings is 1. The van der Waals surface area contributed by atoms with E-state index in [1.807, 2.05) is 45.8 Å². The lowest BCUT2D eigenvalue weighted by atomic mass is 9.70. The molecule has 2 atom stereocenters. The van der Waals surface area contributed by atoms with E-state index in [1.54, 1.807) is 6.20 Å². The van der Waals surface area contributed by atoms with Crippen molar-refractivity contribution in [1.82, 2.24) is 19.6 Å². The van der Waals surface area contributed by atoms with Gasteiger partial charge >= 0.3 is 0 Å². The van der Waals surface area contributed by atoms with Crippen molar-refractivity contribution in [1.29, 1.82) is 0 Å². The van der Waals surface area contributed by atoms with E-state index in [1.165, 1.54) is 12.8 Å². The van der Waals surface area contributed by atoms with Gasteiger partial charge in [0.1, 0.15) is 0 Å². The summed E-state index contributed by atoms with van der Waals surface area (Å²) in [5, 5.41) is 4.37. The first kappa shape index (κ1) is 19.3. The van der Waals surface area contributed by atoms with Gasteiger partial charge in [-0.25, -0.2) is 0 Å². The van der Waals surface area contributed by atoms with Crippen molar-refractivity contribution in [3.8, 4) is 0 Å². The van der Waals surface area contributed by atoms with Crippen LogP contribution >= 0.6 is 0 Å². The molecule has 1 spiro atoms. The lowest BCUT2D eigenvalue weighted by Gasteiger charge is -2.42. The number of rotatable bonds is 5. The second-order valence-electron chi connectivity index (χ2n) is 9.33. The van der Waals surface area contributed by atoms with Gasteiger partial charge in [0.15, 0.2) is 0 Å². The van der Waals surface area contributed by atoms with Crippen LogP contribution in [0.3, 0.4) is 0 Å². The van der Waals surface area contributed by atoms with E-state index in [9.17, 15) is 9.59 Å². The summed E-state index contributed by atoms with van der Waals surface area (Å²) in [5.41, 5.74) is 1.67. The van der Waals surface area contributed by atoms with Crippen LogP contribution in [0.15, 0.2) is 42.6 Å². The molecule has 0 unspecified atom stereocenters. The summed E-state index contributed by atoms with van der Waals surface area (Å²) >= 11 is 0. The molecule has 3 fully saturated rings. The van der Waals surface area contributed by atoms with Gasteiger partial charge in [-0.2, -0.15) is 5.10 Å². The standard InChI is InChI=1S/C24H30N4O2/c1-26-21(10-12-25-26)20-16-28(22(29)14-18-8-9-18)17-24(20)11-5-13-27(23(24)30)15-19-6-3-2-4-7-19/h2-4,6-7,10,12,18,20H,5,8-9,11,13-17H2,1H3/t20-,24+/m0/s1. The topological polar surface area (TPSA) is 58.4 Å². The molecule has 1 aromatic carbocycles. The van der Waals surface area contributed by atoms with Crippen molar-refractivity contribution >= 4 is 11.8 Å². The highest BCUT2D eigenvalue weighted by Gasteiger charge is 2.57. The molecular formula is C24H30N4O2. The van der Waals surface area contributed by atoms with Gasteiger partial charge in [0.2, 0.25) is 11.8 Å². The Balaban J connectivity index is 1.45. The van der Waals surface area contributed by atoms with Crippen LogP contribution in [0, 0.1) is 11.3 Å². The van der Waals surface area contributed by atoms with Gasteiger partial charge in [-0.15, -0.1) is 0 Å². The van der Waals surface area contributed by atoms with Crippen molar-refractivity contribution in [2.75, 3.05) is 19.6 Å². The van der Waals surface area contributed by atoms with Crippen molar-refractivity contribution in [2.45, 2.75) is 44.6 Å². The third-order valence-corrected chi connectivity index (χ3v) is 7.25. The van der Waals surface area contributed by atoms with E-state index in [0.29, 0.717) is 32.0 Å². The Bertz CT molecular complexity index is 936. The zero-order valence-electron chi connectivity index (χ0n) is 17.7. The molecule has 1 saturated carbocycles. The fourth-order valence-electron chi connectivity index (χ4n) is 5.43. The van der Waals surface area contributed by atoms with Gasteiger partial charge in [0.25, 0.3) is 0 Å². The summed E-state index contributed by atoms with van der Waals surface area (Å²) in [6.45, 7) is 2.58. The number of nitrogens with zero attached hydrogens (tertiary/aromatic N) is 4. The van der Waals surface area contributed by atoms with Crippen LogP contribution in [0.1, 0.15) is 49.3 Å². The van der Waals surface area contributed by atoms with Crippen LogP contribution in [0.25, 0.3) is 0 Å². The van der Waals surface area contributed by atoms with Crippen LogP contribution in [-0.4, -0.2) is 51.0 Å².